The largest absolute Gasteiger partial charge is 0.488 e. The number of allylic oxidation sites excluding steroid dienone is 1. The third-order valence-corrected chi connectivity index (χ3v) is 2.95. The van der Waals surface area contributed by atoms with Gasteiger partial charge in [-0.15, -0.1) is 0 Å². The van der Waals surface area contributed by atoms with Crippen molar-refractivity contribution < 1.29 is 9.53 Å². The minimum atomic E-state index is 0.0699. The van der Waals surface area contributed by atoms with Gasteiger partial charge in [-0.2, -0.15) is 0 Å². The lowest BCUT2D eigenvalue weighted by Gasteiger charge is -2.32. The maximum atomic E-state index is 11.8. The van der Waals surface area contributed by atoms with Crippen molar-refractivity contribution in [1.82, 2.24) is 9.88 Å². The van der Waals surface area contributed by atoms with Crippen LogP contribution in [-0.2, 0) is 4.79 Å². The van der Waals surface area contributed by atoms with Crippen molar-refractivity contribution in [3.63, 3.8) is 0 Å². The number of hydrogen-bond acceptors (Lipinski definition) is 3. The second kappa shape index (κ2) is 6.19. The van der Waals surface area contributed by atoms with Crippen LogP contribution in [0.1, 0.15) is 19.8 Å². The van der Waals surface area contributed by atoms with Crippen LogP contribution in [0.15, 0.2) is 36.7 Å². The summed E-state index contributed by atoms with van der Waals surface area (Å²) < 4.78 is 5.86. The van der Waals surface area contributed by atoms with Gasteiger partial charge in [0, 0.05) is 18.9 Å². The molecule has 1 saturated heterocycles. The van der Waals surface area contributed by atoms with Crippen LogP contribution >= 0.6 is 0 Å². The number of pyridine rings is 1. The van der Waals surface area contributed by atoms with E-state index < -0.39 is 0 Å². The molecule has 1 aromatic rings. The molecule has 1 atom stereocenters. The lowest BCUT2D eigenvalue weighted by atomic mass is 10.1. The molecular formula is C14H18N2O2. The first-order chi connectivity index (χ1) is 8.79. The summed E-state index contributed by atoms with van der Waals surface area (Å²) in [6.07, 6.45) is 8.85. The first-order valence-electron chi connectivity index (χ1n) is 6.28. The number of piperidine rings is 1. The summed E-state index contributed by atoms with van der Waals surface area (Å²) >= 11 is 0. The molecule has 1 aromatic heterocycles. The highest BCUT2D eigenvalue weighted by molar-refractivity contribution is 5.87. The van der Waals surface area contributed by atoms with Gasteiger partial charge in [-0.25, -0.2) is 0 Å². The average molecular weight is 246 g/mol. The number of aromatic nitrogens is 1. The topological polar surface area (TPSA) is 42.4 Å². The quantitative estimate of drug-likeness (QED) is 0.766. The summed E-state index contributed by atoms with van der Waals surface area (Å²) in [5.74, 6) is 0.885. The molecule has 0 aromatic carbocycles. The van der Waals surface area contributed by atoms with Gasteiger partial charge in [0.05, 0.1) is 6.54 Å². The van der Waals surface area contributed by atoms with Crippen LogP contribution < -0.4 is 4.74 Å². The van der Waals surface area contributed by atoms with E-state index in [1.54, 1.807) is 24.5 Å². The molecule has 18 heavy (non-hydrogen) atoms. The zero-order valence-corrected chi connectivity index (χ0v) is 10.6. The Labute approximate surface area is 107 Å². The third-order valence-electron chi connectivity index (χ3n) is 2.95. The van der Waals surface area contributed by atoms with E-state index in [-0.39, 0.29) is 12.0 Å². The highest BCUT2D eigenvalue weighted by Gasteiger charge is 2.23. The van der Waals surface area contributed by atoms with E-state index in [1.807, 2.05) is 24.0 Å². The molecule has 0 saturated carbocycles. The third kappa shape index (κ3) is 3.32. The Bertz CT molecular complexity index is 417. The van der Waals surface area contributed by atoms with Crippen molar-refractivity contribution >= 4 is 5.91 Å². The monoisotopic (exact) mass is 246 g/mol. The van der Waals surface area contributed by atoms with E-state index >= 15 is 0 Å². The van der Waals surface area contributed by atoms with Crippen LogP contribution in [0, 0.1) is 0 Å². The van der Waals surface area contributed by atoms with Gasteiger partial charge in [-0.05, 0) is 38.0 Å². The number of nitrogens with zero attached hydrogens (tertiary/aromatic N) is 2. The van der Waals surface area contributed by atoms with E-state index in [4.69, 9.17) is 4.74 Å². The van der Waals surface area contributed by atoms with Crippen molar-refractivity contribution in [2.75, 3.05) is 13.1 Å². The Kier molecular flexibility index (Phi) is 4.34. The smallest absolute Gasteiger partial charge is 0.246 e. The molecule has 1 unspecified atom stereocenters. The molecule has 0 spiro atoms. The minimum absolute atomic E-state index is 0.0699. The van der Waals surface area contributed by atoms with Crippen molar-refractivity contribution in [3.8, 4) is 5.75 Å². The summed E-state index contributed by atoms with van der Waals surface area (Å²) in [6.45, 7) is 3.33. The molecule has 1 aliphatic heterocycles. The standard InChI is InChI=1S/C14H18N2O2/c1-2-4-14(17)16-10-3-5-13(11-16)18-12-6-8-15-9-7-12/h2,4,6-9,13H,3,5,10-11H2,1H3. The zero-order chi connectivity index (χ0) is 12.8. The van der Waals surface area contributed by atoms with E-state index in [2.05, 4.69) is 4.98 Å². The van der Waals surface area contributed by atoms with Crippen molar-refractivity contribution in [2.45, 2.75) is 25.9 Å². The van der Waals surface area contributed by atoms with Gasteiger partial charge in [0.25, 0.3) is 0 Å². The van der Waals surface area contributed by atoms with Gasteiger partial charge < -0.3 is 9.64 Å². The van der Waals surface area contributed by atoms with Crippen LogP contribution in [0.3, 0.4) is 0 Å². The molecule has 0 radical (unpaired) electrons. The first-order valence-corrected chi connectivity index (χ1v) is 6.28. The fourth-order valence-electron chi connectivity index (χ4n) is 2.09. The first kappa shape index (κ1) is 12.6. The highest BCUT2D eigenvalue weighted by Crippen LogP contribution is 2.17. The van der Waals surface area contributed by atoms with Crippen molar-refractivity contribution in [2.24, 2.45) is 0 Å². The lowest BCUT2D eigenvalue weighted by molar-refractivity contribution is -0.128. The summed E-state index contributed by atoms with van der Waals surface area (Å²) in [5.41, 5.74) is 0. The van der Waals surface area contributed by atoms with Crippen LogP contribution in [-0.4, -0.2) is 35.0 Å². The summed E-state index contributed by atoms with van der Waals surface area (Å²) in [7, 11) is 0. The fraction of sp³-hybridized carbons (Fsp3) is 0.429. The van der Waals surface area contributed by atoms with Crippen LogP contribution in [0.4, 0.5) is 0 Å². The number of likely N-dealkylation sites (tertiary alicyclic amines) is 1. The molecule has 0 aliphatic carbocycles. The van der Waals surface area contributed by atoms with Gasteiger partial charge in [-0.3, -0.25) is 9.78 Å². The maximum absolute atomic E-state index is 11.8. The van der Waals surface area contributed by atoms with Gasteiger partial charge in [-0.1, -0.05) is 6.08 Å². The molecule has 4 nitrogen and oxygen atoms in total. The molecule has 1 amide bonds. The molecule has 2 rings (SSSR count). The zero-order valence-electron chi connectivity index (χ0n) is 10.6. The molecule has 0 bridgehead atoms. The summed E-state index contributed by atoms with van der Waals surface area (Å²) in [5, 5.41) is 0. The predicted molar refractivity (Wildman–Crippen MR) is 69.3 cm³/mol. The number of amides is 1. The number of rotatable bonds is 3. The molecule has 0 N–H and O–H groups in total. The van der Waals surface area contributed by atoms with E-state index in [0.29, 0.717) is 6.54 Å². The number of carbonyl (C=O) groups is 1. The van der Waals surface area contributed by atoms with Gasteiger partial charge in [0.2, 0.25) is 5.91 Å². The molecule has 4 heteroatoms. The lowest BCUT2D eigenvalue weighted by Crippen LogP contribution is -2.43. The van der Waals surface area contributed by atoms with Crippen LogP contribution in [0.2, 0.25) is 0 Å². The van der Waals surface area contributed by atoms with E-state index in [1.165, 1.54) is 0 Å². The summed E-state index contributed by atoms with van der Waals surface area (Å²) in [6, 6.07) is 3.68. The number of ether oxygens (including phenoxy) is 1. The Hall–Kier alpha value is -1.84. The molecular weight excluding hydrogens is 228 g/mol. The van der Waals surface area contributed by atoms with Gasteiger partial charge in [0.1, 0.15) is 11.9 Å². The van der Waals surface area contributed by atoms with Gasteiger partial charge in [0.15, 0.2) is 0 Å². The Morgan fingerprint density at radius 2 is 2.28 bits per heavy atom. The van der Waals surface area contributed by atoms with Crippen LogP contribution in [0.25, 0.3) is 0 Å². The maximum Gasteiger partial charge on any atom is 0.246 e. The van der Waals surface area contributed by atoms with Crippen molar-refractivity contribution in [3.05, 3.63) is 36.7 Å². The average Bonchev–Trinajstić information content (AvgIpc) is 2.40. The van der Waals surface area contributed by atoms with Crippen molar-refractivity contribution in [1.29, 1.82) is 0 Å². The molecule has 96 valence electrons. The van der Waals surface area contributed by atoms with E-state index in [9.17, 15) is 4.79 Å². The Morgan fingerprint density at radius 3 is 3.00 bits per heavy atom. The highest BCUT2D eigenvalue weighted by atomic mass is 16.5. The van der Waals surface area contributed by atoms with Gasteiger partial charge >= 0.3 is 0 Å². The molecule has 1 aliphatic rings. The number of hydrogen-bond donors (Lipinski definition) is 0. The second-order valence-electron chi connectivity index (χ2n) is 4.35. The fourth-order valence-corrected chi connectivity index (χ4v) is 2.09. The Morgan fingerprint density at radius 1 is 1.50 bits per heavy atom. The van der Waals surface area contributed by atoms with Crippen LogP contribution in [0.5, 0.6) is 5.75 Å². The molecule has 1 fully saturated rings. The SMILES string of the molecule is CC=CC(=O)N1CCCC(Oc2ccncc2)C1. The normalized spacial score (nSPS) is 20.1. The van der Waals surface area contributed by atoms with E-state index in [0.717, 1.165) is 25.1 Å². The second-order valence-corrected chi connectivity index (χ2v) is 4.35. The number of carbonyl (C=O) groups excluding carboxylic acids is 1. The Balaban J connectivity index is 1.93. The predicted octanol–water partition coefficient (Wildman–Crippen LogP) is 2.03. The molecule has 2 heterocycles. The minimum Gasteiger partial charge on any atom is -0.488 e. The summed E-state index contributed by atoms with van der Waals surface area (Å²) in [4.78, 5) is 17.6.